The summed E-state index contributed by atoms with van der Waals surface area (Å²) in [6, 6.07) is 0. The summed E-state index contributed by atoms with van der Waals surface area (Å²) < 4.78 is 41.3. The van der Waals surface area contributed by atoms with Gasteiger partial charge in [-0.15, -0.1) is 0 Å². The third-order valence-corrected chi connectivity index (χ3v) is 2.79. The lowest BCUT2D eigenvalue weighted by Crippen LogP contribution is -2.52. The van der Waals surface area contributed by atoms with Gasteiger partial charge >= 0.3 is 6.18 Å². The molecule has 4 nitrogen and oxygen atoms in total. The van der Waals surface area contributed by atoms with E-state index in [1.165, 1.54) is 12.0 Å². The zero-order chi connectivity index (χ0) is 13.1. The number of methoxy groups -OCH3 is 1. The van der Waals surface area contributed by atoms with Crippen molar-refractivity contribution in [3.8, 4) is 0 Å². The van der Waals surface area contributed by atoms with E-state index >= 15 is 0 Å². The summed E-state index contributed by atoms with van der Waals surface area (Å²) in [5, 5.41) is 0. The second kappa shape index (κ2) is 5.68. The Bertz CT molecular complexity index is 263. The molecule has 1 atom stereocenters. The topological polar surface area (TPSA) is 32.8 Å². The zero-order valence-electron chi connectivity index (χ0n) is 9.96. The van der Waals surface area contributed by atoms with Gasteiger partial charge in [-0.3, -0.25) is 9.69 Å². The van der Waals surface area contributed by atoms with Gasteiger partial charge in [0, 0.05) is 33.3 Å². The van der Waals surface area contributed by atoms with Crippen molar-refractivity contribution in [1.29, 1.82) is 0 Å². The van der Waals surface area contributed by atoms with Crippen molar-refractivity contribution in [3.63, 3.8) is 0 Å². The van der Waals surface area contributed by atoms with Crippen LogP contribution < -0.4 is 0 Å². The molecule has 1 aliphatic rings. The predicted octanol–water partition coefficient (Wildman–Crippen LogP) is 0.728. The molecule has 1 aliphatic heterocycles. The molecule has 17 heavy (non-hydrogen) atoms. The molecule has 0 aromatic rings. The molecule has 7 heteroatoms. The van der Waals surface area contributed by atoms with Gasteiger partial charge in [0.2, 0.25) is 0 Å². The first-order valence-electron chi connectivity index (χ1n) is 5.44. The lowest BCUT2D eigenvalue weighted by Gasteiger charge is -2.35. The molecular formula is C10H17F3N2O2. The second-order valence-corrected chi connectivity index (χ2v) is 4.09. The molecule has 0 aliphatic carbocycles. The average Bonchev–Trinajstić information content (AvgIpc) is 2.26. The lowest BCUT2D eigenvalue weighted by molar-refractivity contribution is -0.154. The van der Waals surface area contributed by atoms with E-state index in [0.717, 1.165) is 0 Å². The van der Waals surface area contributed by atoms with Gasteiger partial charge in [0.1, 0.15) is 6.10 Å². The zero-order valence-corrected chi connectivity index (χ0v) is 9.96. The lowest BCUT2D eigenvalue weighted by atomic mass is 10.2. The van der Waals surface area contributed by atoms with Gasteiger partial charge in [0.05, 0.1) is 6.54 Å². The highest BCUT2D eigenvalue weighted by Gasteiger charge is 2.33. The van der Waals surface area contributed by atoms with E-state index in [0.29, 0.717) is 13.1 Å². The highest BCUT2D eigenvalue weighted by atomic mass is 19.4. The molecule has 0 radical (unpaired) electrons. The Morgan fingerprint density at radius 1 is 1.29 bits per heavy atom. The molecule has 1 fully saturated rings. The number of rotatable bonds is 3. The standard InChI is InChI=1S/C10H17F3N2O2/c1-8(17-2)9(16)15-5-3-14(4-6-15)7-10(11,12)13/h8H,3-7H2,1-2H3. The van der Waals surface area contributed by atoms with Crippen LogP contribution in [-0.2, 0) is 9.53 Å². The van der Waals surface area contributed by atoms with Crippen LogP contribution in [0.1, 0.15) is 6.92 Å². The fourth-order valence-electron chi connectivity index (χ4n) is 1.74. The minimum Gasteiger partial charge on any atom is -0.372 e. The molecule has 0 spiro atoms. The van der Waals surface area contributed by atoms with Crippen molar-refractivity contribution < 1.29 is 22.7 Å². The van der Waals surface area contributed by atoms with Crippen LogP contribution in [0.15, 0.2) is 0 Å². The Labute approximate surface area is 98.3 Å². The number of hydrogen-bond acceptors (Lipinski definition) is 3. The van der Waals surface area contributed by atoms with Crippen LogP contribution in [0, 0.1) is 0 Å². The van der Waals surface area contributed by atoms with Crippen LogP contribution >= 0.6 is 0 Å². The molecule has 0 bridgehead atoms. The number of halogens is 3. The van der Waals surface area contributed by atoms with Crippen LogP contribution in [0.5, 0.6) is 0 Å². The third-order valence-electron chi connectivity index (χ3n) is 2.79. The van der Waals surface area contributed by atoms with Crippen molar-refractivity contribution in [2.75, 3.05) is 39.8 Å². The fraction of sp³-hybridized carbons (Fsp3) is 0.900. The number of nitrogens with zero attached hydrogens (tertiary/aromatic N) is 2. The molecule has 1 saturated heterocycles. The summed E-state index contributed by atoms with van der Waals surface area (Å²) in [5.41, 5.74) is 0. The summed E-state index contributed by atoms with van der Waals surface area (Å²) in [6.07, 6.45) is -4.71. The van der Waals surface area contributed by atoms with Crippen molar-refractivity contribution in [2.24, 2.45) is 0 Å². The normalized spacial score (nSPS) is 20.4. The van der Waals surface area contributed by atoms with Gasteiger partial charge in [-0.1, -0.05) is 0 Å². The molecular weight excluding hydrogens is 237 g/mol. The average molecular weight is 254 g/mol. The molecule has 1 heterocycles. The number of hydrogen-bond donors (Lipinski definition) is 0. The Morgan fingerprint density at radius 2 is 1.82 bits per heavy atom. The van der Waals surface area contributed by atoms with E-state index in [-0.39, 0.29) is 19.0 Å². The van der Waals surface area contributed by atoms with Gasteiger partial charge in [-0.25, -0.2) is 0 Å². The molecule has 1 rings (SSSR count). The first-order valence-corrected chi connectivity index (χ1v) is 5.44. The third kappa shape index (κ3) is 4.51. The fourth-order valence-corrected chi connectivity index (χ4v) is 1.74. The van der Waals surface area contributed by atoms with Gasteiger partial charge < -0.3 is 9.64 Å². The van der Waals surface area contributed by atoms with Crippen molar-refractivity contribution >= 4 is 5.91 Å². The number of ether oxygens (including phenoxy) is 1. The monoisotopic (exact) mass is 254 g/mol. The summed E-state index contributed by atoms with van der Waals surface area (Å²) >= 11 is 0. The van der Waals surface area contributed by atoms with Crippen molar-refractivity contribution in [2.45, 2.75) is 19.2 Å². The van der Waals surface area contributed by atoms with E-state index < -0.39 is 18.8 Å². The Morgan fingerprint density at radius 3 is 2.24 bits per heavy atom. The van der Waals surface area contributed by atoms with Gasteiger partial charge in [0.15, 0.2) is 0 Å². The molecule has 100 valence electrons. The number of alkyl halides is 3. The molecule has 0 N–H and O–H groups in total. The van der Waals surface area contributed by atoms with Crippen molar-refractivity contribution in [3.05, 3.63) is 0 Å². The molecule has 1 unspecified atom stereocenters. The Hall–Kier alpha value is -0.820. The van der Waals surface area contributed by atoms with Crippen LogP contribution in [0.2, 0.25) is 0 Å². The first-order chi connectivity index (χ1) is 7.83. The Balaban J connectivity index is 2.38. The molecule has 0 aromatic heterocycles. The molecule has 0 saturated carbocycles. The second-order valence-electron chi connectivity index (χ2n) is 4.09. The maximum absolute atomic E-state index is 12.1. The molecule has 0 aromatic carbocycles. The quantitative estimate of drug-likeness (QED) is 0.744. The van der Waals surface area contributed by atoms with E-state index in [9.17, 15) is 18.0 Å². The smallest absolute Gasteiger partial charge is 0.372 e. The highest BCUT2D eigenvalue weighted by Crippen LogP contribution is 2.17. The maximum Gasteiger partial charge on any atom is 0.401 e. The van der Waals surface area contributed by atoms with Gasteiger partial charge in [-0.2, -0.15) is 13.2 Å². The SMILES string of the molecule is COC(C)C(=O)N1CCN(CC(F)(F)F)CC1. The van der Waals surface area contributed by atoms with Crippen LogP contribution in [0.25, 0.3) is 0 Å². The highest BCUT2D eigenvalue weighted by molar-refractivity contribution is 5.80. The number of piperazine rings is 1. The summed E-state index contributed by atoms with van der Waals surface area (Å²) in [6.45, 7) is 1.87. The number of carbonyl (C=O) groups excluding carboxylic acids is 1. The minimum atomic E-state index is -4.17. The maximum atomic E-state index is 12.1. The number of amides is 1. The summed E-state index contributed by atoms with van der Waals surface area (Å²) in [4.78, 5) is 14.5. The summed E-state index contributed by atoms with van der Waals surface area (Å²) in [5.74, 6) is -0.167. The van der Waals surface area contributed by atoms with Gasteiger partial charge in [0.25, 0.3) is 5.91 Å². The van der Waals surface area contributed by atoms with Crippen molar-refractivity contribution in [1.82, 2.24) is 9.80 Å². The van der Waals surface area contributed by atoms with Crippen LogP contribution in [0.3, 0.4) is 0 Å². The first kappa shape index (κ1) is 14.2. The number of carbonyl (C=O) groups is 1. The Kier molecular flexibility index (Phi) is 4.76. The van der Waals surface area contributed by atoms with E-state index in [2.05, 4.69) is 0 Å². The largest absolute Gasteiger partial charge is 0.401 e. The van der Waals surface area contributed by atoms with E-state index in [4.69, 9.17) is 4.74 Å². The van der Waals surface area contributed by atoms with Crippen LogP contribution in [0.4, 0.5) is 13.2 Å². The predicted molar refractivity (Wildman–Crippen MR) is 55.5 cm³/mol. The van der Waals surface area contributed by atoms with E-state index in [1.54, 1.807) is 11.8 Å². The molecule has 1 amide bonds. The van der Waals surface area contributed by atoms with Gasteiger partial charge in [-0.05, 0) is 6.92 Å². The summed E-state index contributed by atoms with van der Waals surface area (Å²) in [7, 11) is 1.43. The van der Waals surface area contributed by atoms with E-state index in [1.807, 2.05) is 0 Å². The minimum absolute atomic E-state index is 0.167. The van der Waals surface area contributed by atoms with Crippen LogP contribution in [-0.4, -0.2) is 67.8 Å².